The van der Waals surface area contributed by atoms with E-state index in [4.69, 9.17) is 4.42 Å². The molecular formula is C16H16N2O. The van der Waals surface area contributed by atoms with Crippen molar-refractivity contribution in [1.29, 1.82) is 0 Å². The Morgan fingerprint density at radius 3 is 2.89 bits per heavy atom. The fraction of sp³-hybridized carbons (Fsp3) is 0.188. The van der Waals surface area contributed by atoms with E-state index < -0.39 is 0 Å². The molecule has 0 spiro atoms. The maximum atomic E-state index is 5.39. The summed E-state index contributed by atoms with van der Waals surface area (Å²) in [5, 5.41) is 4.63. The van der Waals surface area contributed by atoms with Crippen molar-refractivity contribution < 1.29 is 4.42 Å². The van der Waals surface area contributed by atoms with Crippen LogP contribution in [0.5, 0.6) is 0 Å². The Hall–Kier alpha value is -2.13. The molecule has 1 N–H and O–H groups in total. The molecule has 3 aromatic rings. The highest BCUT2D eigenvalue weighted by atomic mass is 16.3. The molecule has 19 heavy (non-hydrogen) atoms. The molecule has 0 bridgehead atoms. The van der Waals surface area contributed by atoms with Crippen molar-refractivity contribution in [2.24, 2.45) is 0 Å². The summed E-state index contributed by atoms with van der Waals surface area (Å²) in [5.74, 6) is 0.952. The predicted molar refractivity (Wildman–Crippen MR) is 75.7 cm³/mol. The first-order chi connectivity index (χ1) is 9.34. The molecule has 0 unspecified atom stereocenters. The summed E-state index contributed by atoms with van der Waals surface area (Å²) in [4.78, 5) is 4.46. The topological polar surface area (TPSA) is 38.1 Å². The zero-order valence-electron chi connectivity index (χ0n) is 10.8. The maximum Gasteiger partial charge on any atom is 0.120 e. The van der Waals surface area contributed by atoms with Gasteiger partial charge in [-0.1, -0.05) is 24.3 Å². The number of nitrogens with zero attached hydrogens (tertiary/aromatic N) is 1. The third-order valence-corrected chi connectivity index (χ3v) is 3.28. The zero-order valence-corrected chi connectivity index (χ0v) is 10.8. The number of benzene rings is 1. The SMILES string of the molecule is C[C@H](NCc1cccc2cccnc12)c1ccco1. The number of rotatable bonds is 4. The highest BCUT2D eigenvalue weighted by Crippen LogP contribution is 2.18. The van der Waals surface area contributed by atoms with E-state index >= 15 is 0 Å². The average molecular weight is 252 g/mol. The van der Waals surface area contributed by atoms with Gasteiger partial charge in [0.05, 0.1) is 17.8 Å². The van der Waals surface area contributed by atoms with Crippen molar-refractivity contribution in [2.45, 2.75) is 19.5 Å². The molecule has 1 atom stereocenters. The Balaban J connectivity index is 1.79. The number of nitrogens with one attached hydrogen (secondary N) is 1. The number of para-hydroxylation sites is 1. The van der Waals surface area contributed by atoms with Gasteiger partial charge in [0.15, 0.2) is 0 Å². The molecular weight excluding hydrogens is 236 g/mol. The second kappa shape index (κ2) is 5.24. The van der Waals surface area contributed by atoms with Crippen molar-refractivity contribution in [1.82, 2.24) is 10.3 Å². The average Bonchev–Trinajstić information content (AvgIpc) is 2.99. The molecule has 0 amide bonds. The van der Waals surface area contributed by atoms with Crippen molar-refractivity contribution >= 4 is 10.9 Å². The number of pyridine rings is 1. The van der Waals surface area contributed by atoms with Crippen LogP contribution in [-0.4, -0.2) is 4.98 Å². The maximum absolute atomic E-state index is 5.39. The normalized spacial score (nSPS) is 12.7. The number of fused-ring (bicyclic) bond motifs is 1. The third kappa shape index (κ3) is 2.51. The van der Waals surface area contributed by atoms with Crippen LogP contribution in [-0.2, 0) is 6.54 Å². The highest BCUT2D eigenvalue weighted by molar-refractivity contribution is 5.81. The summed E-state index contributed by atoms with van der Waals surface area (Å²) in [5.41, 5.74) is 2.26. The molecule has 0 fully saturated rings. The number of hydrogen-bond donors (Lipinski definition) is 1. The Morgan fingerprint density at radius 2 is 2.05 bits per heavy atom. The lowest BCUT2D eigenvalue weighted by molar-refractivity contribution is 0.430. The molecule has 2 heterocycles. The monoisotopic (exact) mass is 252 g/mol. The van der Waals surface area contributed by atoms with Gasteiger partial charge in [-0.2, -0.15) is 0 Å². The Kier molecular flexibility index (Phi) is 3.29. The summed E-state index contributed by atoms with van der Waals surface area (Å²) in [6.45, 7) is 2.87. The van der Waals surface area contributed by atoms with Crippen molar-refractivity contribution in [2.75, 3.05) is 0 Å². The van der Waals surface area contributed by atoms with Crippen molar-refractivity contribution in [3.05, 3.63) is 66.2 Å². The van der Waals surface area contributed by atoms with Crippen LogP contribution in [0.4, 0.5) is 0 Å². The molecule has 0 aliphatic heterocycles. The van der Waals surface area contributed by atoms with Gasteiger partial charge in [-0.25, -0.2) is 0 Å². The van der Waals surface area contributed by atoms with E-state index in [0.717, 1.165) is 17.8 Å². The fourth-order valence-electron chi connectivity index (χ4n) is 2.21. The first-order valence-corrected chi connectivity index (χ1v) is 6.44. The third-order valence-electron chi connectivity index (χ3n) is 3.28. The largest absolute Gasteiger partial charge is 0.468 e. The minimum atomic E-state index is 0.189. The Labute approximate surface area is 112 Å². The standard InChI is InChI=1S/C16H16N2O/c1-12(15-8-4-10-19-15)18-11-14-6-2-5-13-7-3-9-17-16(13)14/h2-10,12,18H,11H2,1H3/t12-/m0/s1. The van der Waals surface area contributed by atoms with Crippen LogP contribution in [0.3, 0.4) is 0 Å². The van der Waals surface area contributed by atoms with E-state index in [0.29, 0.717) is 0 Å². The van der Waals surface area contributed by atoms with Gasteiger partial charge in [-0.15, -0.1) is 0 Å². The lowest BCUT2D eigenvalue weighted by Gasteiger charge is -2.12. The van der Waals surface area contributed by atoms with Gasteiger partial charge in [-0.05, 0) is 30.7 Å². The van der Waals surface area contributed by atoms with Crippen LogP contribution in [0.2, 0.25) is 0 Å². The zero-order chi connectivity index (χ0) is 13.1. The van der Waals surface area contributed by atoms with E-state index in [1.165, 1.54) is 10.9 Å². The van der Waals surface area contributed by atoms with Gasteiger partial charge < -0.3 is 9.73 Å². The number of furan rings is 1. The second-order valence-electron chi connectivity index (χ2n) is 4.61. The van der Waals surface area contributed by atoms with E-state index in [-0.39, 0.29) is 6.04 Å². The van der Waals surface area contributed by atoms with Gasteiger partial charge in [0, 0.05) is 18.1 Å². The molecule has 3 rings (SSSR count). The molecule has 1 aromatic carbocycles. The van der Waals surface area contributed by atoms with Gasteiger partial charge in [-0.3, -0.25) is 4.98 Å². The van der Waals surface area contributed by atoms with Gasteiger partial charge >= 0.3 is 0 Å². The molecule has 3 nitrogen and oxygen atoms in total. The van der Waals surface area contributed by atoms with Gasteiger partial charge in [0.2, 0.25) is 0 Å². The molecule has 96 valence electrons. The van der Waals surface area contributed by atoms with Crippen molar-refractivity contribution in [3.63, 3.8) is 0 Å². The first kappa shape index (κ1) is 11.9. The highest BCUT2D eigenvalue weighted by Gasteiger charge is 2.08. The molecule has 0 aliphatic carbocycles. The molecule has 2 aromatic heterocycles. The van der Waals surface area contributed by atoms with Crippen LogP contribution in [0, 0.1) is 0 Å². The number of hydrogen-bond acceptors (Lipinski definition) is 3. The van der Waals surface area contributed by atoms with Crippen LogP contribution >= 0.6 is 0 Å². The molecule has 0 saturated heterocycles. The first-order valence-electron chi connectivity index (χ1n) is 6.44. The minimum absolute atomic E-state index is 0.189. The van der Waals surface area contributed by atoms with Crippen LogP contribution in [0.15, 0.2) is 59.3 Å². The quantitative estimate of drug-likeness (QED) is 0.769. The minimum Gasteiger partial charge on any atom is -0.468 e. The summed E-state index contributed by atoms with van der Waals surface area (Å²) in [6.07, 6.45) is 3.54. The molecule has 3 heteroatoms. The van der Waals surface area contributed by atoms with E-state index in [1.54, 1.807) is 6.26 Å². The fourth-order valence-corrected chi connectivity index (χ4v) is 2.21. The van der Waals surface area contributed by atoms with E-state index in [1.807, 2.05) is 24.4 Å². The Morgan fingerprint density at radius 1 is 1.16 bits per heavy atom. The summed E-state index contributed by atoms with van der Waals surface area (Å²) >= 11 is 0. The summed E-state index contributed by atoms with van der Waals surface area (Å²) in [6, 6.07) is 14.4. The summed E-state index contributed by atoms with van der Waals surface area (Å²) in [7, 11) is 0. The molecule has 0 aliphatic rings. The van der Waals surface area contributed by atoms with Gasteiger partial charge in [0.25, 0.3) is 0 Å². The van der Waals surface area contributed by atoms with Crippen molar-refractivity contribution in [3.8, 4) is 0 Å². The van der Waals surface area contributed by atoms with Crippen LogP contribution in [0.1, 0.15) is 24.3 Å². The lowest BCUT2D eigenvalue weighted by Crippen LogP contribution is -2.17. The second-order valence-corrected chi connectivity index (χ2v) is 4.61. The van der Waals surface area contributed by atoms with Crippen LogP contribution in [0.25, 0.3) is 10.9 Å². The Bertz CT molecular complexity index is 656. The predicted octanol–water partition coefficient (Wildman–Crippen LogP) is 3.68. The number of aromatic nitrogens is 1. The molecule has 0 radical (unpaired) electrons. The smallest absolute Gasteiger partial charge is 0.120 e. The molecule has 0 saturated carbocycles. The van der Waals surface area contributed by atoms with E-state index in [2.05, 4.69) is 41.5 Å². The van der Waals surface area contributed by atoms with Crippen LogP contribution < -0.4 is 5.32 Å². The van der Waals surface area contributed by atoms with E-state index in [9.17, 15) is 0 Å². The lowest BCUT2D eigenvalue weighted by atomic mass is 10.1. The van der Waals surface area contributed by atoms with Gasteiger partial charge in [0.1, 0.15) is 5.76 Å². The summed E-state index contributed by atoms with van der Waals surface area (Å²) < 4.78 is 5.39.